The summed E-state index contributed by atoms with van der Waals surface area (Å²) in [6.07, 6.45) is 2.56. The third-order valence-electron chi connectivity index (χ3n) is 1.24. The Labute approximate surface area is 86.0 Å². The molecule has 1 rings (SSSR count). The number of halogens is 3. The van der Waals surface area contributed by atoms with Gasteiger partial charge in [0.2, 0.25) is 0 Å². The topological polar surface area (TPSA) is 18.5 Å². The van der Waals surface area contributed by atoms with E-state index in [1.54, 1.807) is 0 Å². The predicted molar refractivity (Wildman–Crippen MR) is 48.0 cm³/mol. The van der Waals surface area contributed by atoms with Gasteiger partial charge in [-0.1, -0.05) is 0 Å². The van der Waals surface area contributed by atoms with Crippen LogP contribution >= 0.6 is 0 Å². The smallest absolute Gasteiger partial charge is 1.00 e. The zero-order valence-corrected chi connectivity index (χ0v) is 8.77. The van der Waals surface area contributed by atoms with Crippen LogP contribution in [0.5, 0.6) is 0 Å². The van der Waals surface area contributed by atoms with Gasteiger partial charge in [0.05, 0.1) is 0 Å². The van der Waals surface area contributed by atoms with Crippen LogP contribution in [-0.4, -0.2) is 34.8 Å². The molecule has 0 saturated carbocycles. The van der Waals surface area contributed by atoms with Crippen molar-refractivity contribution in [3.05, 3.63) is 0 Å². The van der Waals surface area contributed by atoms with Crippen LogP contribution in [0, 0.1) is 0 Å². The fourth-order valence-electron chi connectivity index (χ4n) is 0.714. The van der Waals surface area contributed by atoms with E-state index < -0.39 is 0 Å². The van der Waals surface area contributed by atoms with Crippen LogP contribution in [0.4, 0.5) is 0 Å². The minimum atomic E-state index is 0. The fraction of sp³-hybridized carbons (Fsp3) is 1.00. The molecule has 0 radical (unpaired) electrons. The average molecular weight is 214 g/mol. The molecule has 1 saturated heterocycles. The molecular weight excluding hydrogens is 196 g/mol. The Morgan fingerprint density at radius 1 is 0.929 bits per heavy atom. The molecule has 6 heteroatoms. The zero-order valence-electron chi connectivity index (χ0n) is 8.77. The molecular formula is C8H18BF3O2. The molecule has 0 aromatic heterocycles. The summed E-state index contributed by atoms with van der Waals surface area (Å²) in [6.45, 7) is 7.67. The maximum absolute atomic E-state index is 4.94. The Bertz CT molecular complexity index is 56.9. The third kappa shape index (κ3) is 29.8. The maximum atomic E-state index is 4.94. The Hall–Kier alpha value is -0.225. The van der Waals surface area contributed by atoms with E-state index in [-0.39, 0.29) is 22.5 Å². The van der Waals surface area contributed by atoms with Crippen molar-refractivity contribution in [2.24, 2.45) is 0 Å². The molecule has 0 aromatic carbocycles. The largest absolute Gasteiger partial charge is 3.00 e. The minimum Gasteiger partial charge on any atom is -1.00 e. The normalized spacial score (nSPS) is 11.6. The fourth-order valence-corrected chi connectivity index (χ4v) is 0.714. The third-order valence-corrected chi connectivity index (χ3v) is 1.24. The van der Waals surface area contributed by atoms with Gasteiger partial charge in [-0.25, -0.2) is 0 Å². The van der Waals surface area contributed by atoms with Crippen LogP contribution in [0.2, 0.25) is 0 Å². The van der Waals surface area contributed by atoms with Crippen LogP contribution in [0.15, 0.2) is 0 Å². The van der Waals surface area contributed by atoms with Gasteiger partial charge in [-0.15, -0.1) is 0 Å². The summed E-state index contributed by atoms with van der Waals surface area (Å²) in [7, 11) is 0. The van der Waals surface area contributed by atoms with Gasteiger partial charge in [0.15, 0.2) is 0 Å². The number of hydrogen-bond acceptors (Lipinski definition) is 2. The Balaban J connectivity index is -0.0000000300. The molecule has 2 nitrogen and oxygen atoms in total. The summed E-state index contributed by atoms with van der Waals surface area (Å²) < 4.78 is 9.78. The molecule has 1 fully saturated rings. The second-order valence-corrected chi connectivity index (χ2v) is 2.10. The zero-order chi connectivity index (χ0) is 7.66. The summed E-state index contributed by atoms with van der Waals surface area (Å²) in [6, 6.07) is 0. The van der Waals surface area contributed by atoms with Gasteiger partial charge < -0.3 is 23.6 Å². The maximum Gasteiger partial charge on any atom is 3.00 e. The Kier molecular flexibility index (Phi) is 61.1. The van der Waals surface area contributed by atoms with Crippen molar-refractivity contribution >= 4 is 8.41 Å². The number of ether oxygens (including phenoxy) is 2. The van der Waals surface area contributed by atoms with Crippen molar-refractivity contribution in [2.45, 2.75) is 26.7 Å². The van der Waals surface area contributed by atoms with Gasteiger partial charge >= 0.3 is 8.41 Å². The van der Waals surface area contributed by atoms with Crippen molar-refractivity contribution in [2.75, 3.05) is 26.4 Å². The quantitative estimate of drug-likeness (QED) is 0.425. The monoisotopic (exact) mass is 214 g/mol. The summed E-state index contributed by atoms with van der Waals surface area (Å²) in [4.78, 5) is 0. The van der Waals surface area contributed by atoms with Crippen molar-refractivity contribution in [3.63, 3.8) is 0 Å². The van der Waals surface area contributed by atoms with Crippen LogP contribution in [0.25, 0.3) is 0 Å². The minimum absolute atomic E-state index is 0. The van der Waals surface area contributed by atoms with E-state index in [9.17, 15) is 0 Å². The predicted octanol–water partition coefficient (Wildman–Crippen LogP) is -7.53. The Morgan fingerprint density at radius 3 is 1.36 bits per heavy atom. The van der Waals surface area contributed by atoms with Crippen LogP contribution in [0.3, 0.4) is 0 Å². The van der Waals surface area contributed by atoms with Gasteiger partial charge in [0.25, 0.3) is 0 Å². The standard InChI is InChI=1S/C4H8O.C4H10O.B.3FH/c1-2-4-5-3-1;1-3-5-4-2;;;;/h1-4H2;3-4H2,1-2H3;;3*1H/q;;+3;;;/p-3. The van der Waals surface area contributed by atoms with E-state index in [0.29, 0.717) is 0 Å². The van der Waals surface area contributed by atoms with E-state index in [4.69, 9.17) is 9.47 Å². The SMILES string of the molecule is C1CCOC1.CCOCC.[B+3].[F-].[F-].[F-]. The summed E-state index contributed by atoms with van der Waals surface area (Å²) >= 11 is 0. The first-order valence-corrected chi connectivity index (χ1v) is 4.07. The molecule has 1 heterocycles. The van der Waals surface area contributed by atoms with Crippen LogP contribution < -0.4 is 14.1 Å². The molecule has 1 aliphatic heterocycles. The van der Waals surface area contributed by atoms with Gasteiger partial charge in [-0.2, -0.15) is 0 Å². The Morgan fingerprint density at radius 2 is 1.29 bits per heavy atom. The van der Waals surface area contributed by atoms with E-state index in [2.05, 4.69) is 0 Å². The van der Waals surface area contributed by atoms with E-state index in [1.807, 2.05) is 13.8 Å². The van der Waals surface area contributed by atoms with Crippen LogP contribution in [0.1, 0.15) is 26.7 Å². The number of rotatable bonds is 2. The van der Waals surface area contributed by atoms with Crippen LogP contribution in [-0.2, 0) is 9.47 Å². The van der Waals surface area contributed by atoms with Gasteiger partial charge in [-0.05, 0) is 26.7 Å². The summed E-state index contributed by atoms with van der Waals surface area (Å²) in [5.41, 5.74) is 0. The van der Waals surface area contributed by atoms with Crippen molar-refractivity contribution in [1.82, 2.24) is 0 Å². The molecule has 14 heavy (non-hydrogen) atoms. The van der Waals surface area contributed by atoms with E-state index in [1.165, 1.54) is 12.8 Å². The van der Waals surface area contributed by atoms with Crippen molar-refractivity contribution in [3.8, 4) is 0 Å². The molecule has 0 aromatic rings. The first kappa shape index (κ1) is 29.2. The van der Waals surface area contributed by atoms with Gasteiger partial charge in [0, 0.05) is 26.4 Å². The number of hydrogen-bond donors (Lipinski definition) is 0. The summed E-state index contributed by atoms with van der Waals surface area (Å²) in [5.74, 6) is 0. The molecule has 0 atom stereocenters. The van der Waals surface area contributed by atoms with Crippen molar-refractivity contribution < 1.29 is 23.6 Å². The van der Waals surface area contributed by atoms with E-state index >= 15 is 0 Å². The molecule has 0 N–H and O–H groups in total. The van der Waals surface area contributed by atoms with Gasteiger partial charge in [-0.3, -0.25) is 0 Å². The first-order chi connectivity index (χ1) is 4.91. The summed E-state index contributed by atoms with van der Waals surface area (Å²) in [5, 5.41) is 0. The second kappa shape index (κ2) is 29.3. The first-order valence-electron chi connectivity index (χ1n) is 4.07. The second-order valence-electron chi connectivity index (χ2n) is 2.10. The average Bonchev–Trinajstić information content (AvgIpc) is 2.44. The van der Waals surface area contributed by atoms with Crippen molar-refractivity contribution in [1.29, 1.82) is 0 Å². The molecule has 0 spiro atoms. The molecule has 0 bridgehead atoms. The van der Waals surface area contributed by atoms with E-state index in [0.717, 1.165) is 26.4 Å². The molecule has 86 valence electrons. The molecule has 1 aliphatic rings. The molecule has 0 unspecified atom stereocenters. The molecule has 0 aliphatic carbocycles. The van der Waals surface area contributed by atoms with Gasteiger partial charge in [0.1, 0.15) is 0 Å². The molecule has 0 amide bonds.